The molecule has 1 heterocycles. The van der Waals surface area contributed by atoms with Crippen molar-refractivity contribution in [3.8, 4) is 11.5 Å². The molecule has 1 aliphatic heterocycles. The van der Waals surface area contributed by atoms with E-state index in [1.807, 2.05) is 6.07 Å². The van der Waals surface area contributed by atoms with E-state index in [9.17, 15) is 4.79 Å². The van der Waals surface area contributed by atoms with Crippen molar-refractivity contribution in [3.05, 3.63) is 50.6 Å². The molecule has 0 aromatic heterocycles. The Kier molecular flexibility index (Phi) is 4.73. The number of carbonyl (C=O) groups is 1. The number of hydrogen-bond donors (Lipinski definition) is 1. The molecule has 6 heteroatoms. The molecule has 22 heavy (non-hydrogen) atoms. The van der Waals surface area contributed by atoms with Crippen LogP contribution in [0.3, 0.4) is 0 Å². The second-order valence-corrected chi connectivity index (χ2v) is 6.39. The van der Waals surface area contributed by atoms with Gasteiger partial charge in [-0.2, -0.15) is 0 Å². The smallest absolute Gasteiger partial charge is 0.256 e. The lowest BCUT2D eigenvalue weighted by Gasteiger charge is -2.11. The quantitative estimate of drug-likeness (QED) is 0.722. The van der Waals surface area contributed by atoms with Gasteiger partial charge in [0.25, 0.3) is 5.91 Å². The largest absolute Gasteiger partial charge is 0.490 e. The average Bonchev–Trinajstić information content (AvgIpc) is 2.71. The van der Waals surface area contributed by atoms with Gasteiger partial charge in [0.2, 0.25) is 0 Å². The highest BCUT2D eigenvalue weighted by Crippen LogP contribution is 2.32. The van der Waals surface area contributed by atoms with Crippen LogP contribution in [0.5, 0.6) is 11.5 Å². The zero-order valence-electron chi connectivity index (χ0n) is 11.6. The Morgan fingerprint density at radius 2 is 1.86 bits per heavy atom. The van der Waals surface area contributed by atoms with Gasteiger partial charge in [0, 0.05) is 26.8 Å². The first-order valence-corrected chi connectivity index (χ1v) is 8.25. The molecule has 1 N–H and O–H groups in total. The first-order valence-electron chi connectivity index (χ1n) is 6.79. The van der Waals surface area contributed by atoms with Gasteiger partial charge in [-0.25, -0.2) is 0 Å². The van der Waals surface area contributed by atoms with Gasteiger partial charge in [0.05, 0.1) is 18.8 Å². The topological polar surface area (TPSA) is 47.6 Å². The van der Waals surface area contributed by atoms with Gasteiger partial charge in [-0.3, -0.25) is 4.79 Å². The van der Waals surface area contributed by atoms with Crippen LogP contribution in [0.2, 0.25) is 5.02 Å². The van der Waals surface area contributed by atoms with E-state index in [2.05, 4.69) is 27.9 Å². The molecule has 3 rings (SSSR count). The van der Waals surface area contributed by atoms with E-state index in [0.29, 0.717) is 41.0 Å². The minimum atomic E-state index is -0.185. The van der Waals surface area contributed by atoms with Gasteiger partial charge >= 0.3 is 0 Å². The maximum atomic E-state index is 12.4. The maximum Gasteiger partial charge on any atom is 0.256 e. The fourth-order valence-electron chi connectivity index (χ4n) is 2.11. The molecule has 0 unspecified atom stereocenters. The molecular weight excluding hydrogens is 417 g/mol. The summed E-state index contributed by atoms with van der Waals surface area (Å²) in [5, 5.41) is 3.47. The molecule has 0 aliphatic carbocycles. The molecular formula is C16H13ClINO3. The summed E-state index contributed by atoms with van der Waals surface area (Å²) in [7, 11) is 0. The van der Waals surface area contributed by atoms with Crippen LogP contribution in [0.4, 0.5) is 5.69 Å². The van der Waals surface area contributed by atoms with E-state index < -0.39 is 0 Å². The second-order valence-electron chi connectivity index (χ2n) is 4.79. The van der Waals surface area contributed by atoms with Crippen molar-refractivity contribution >= 4 is 45.8 Å². The van der Waals surface area contributed by atoms with Crippen LogP contribution in [-0.4, -0.2) is 19.1 Å². The normalized spacial score (nSPS) is 13.4. The van der Waals surface area contributed by atoms with E-state index in [-0.39, 0.29) is 5.91 Å². The molecule has 2 aromatic rings. The molecule has 114 valence electrons. The number of benzene rings is 2. The van der Waals surface area contributed by atoms with Crippen molar-refractivity contribution in [3.63, 3.8) is 0 Å². The zero-order valence-corrected chi connectivity index (χ0v) is 14.5. The number of fused-ring (bicyclic) bond motifs is 1. The summed E-state index contributed by atoms with van der Waals surface area (Å²) in [6.45, 7) is 1.25. The van der Waals surface area contributed by atoms with Crippen LogP contribution < -0.4 is 14.8 Å². The third kappa shape index (κ3) is 3.47. The monoisotopic (exact) mass is 429 g/mol. The predicted octanol–water partition coefficient (Wildman–Crippen LogP) is 4.36. The number of hydrogen-bond acceptors (Lipinski definition) is 3. The van der Waals surface area contributed by atoms with Crippen molar-refractivity contribution < 1.29 is 14.3 Å². The maximum absolute atomic E-state index is 12.4. The van der Waals surface area contributed by atoms with Crippen molar-refractivity contribution in [2.75, 3.05) is 18.5 Å². The minimum Gasteiger partial charge on any atom is -0.490 e. The molecule has 0 radical (unpaired) electrons. The first kappa shape index (κ1) is 15.4. The molecule has 0 saturated heterocycles. The highest BCUT2D eigenvalue weighted by molar-refractivity contribution is 14.1. The summed E-state index contributed by atoms with van der Waals surface area (Å²) < 4.78 is 12.0. The molecule has 2 aromatic carbocycles. The number of rotatable bonds is 2. The Bertz CT molecular complexity index is 721. The number of carbonyl (C=O) groups excluding carboxylic acids is 1. The van der Waals surface area contributed by atoms with E-state index in [1.54, 1.807) is 30.3 Å². The Hall–Kier alpha value is -1.47. The highest BCUT2D eigenvalue weighted by atomic mass is 127. The summed E-state index contributed by atoms with van der Waals surface area (Å²) in [6, 6.07) is 10.6. The lowest BCUT2D eigenvalue weighted by molar-refractivity contribution is 0.102. The van der Waals surface area contributed by atoms with Gasteiger partial charge < -0.3 is 14.8 Å². The third-order valence-electron chi connectivity index (χ3n) is 3.18. The molecule has 4 nitrogen and oxygen atoms in total. The summed E-state index contributed by atoms with van der Waals surface area (Å²) in [5.41, 5.74) is 1.25. The molecule has 0 saturated carbocycles. The van der Waals surface area contributed by atoms with Gasteiger partial charge in [0.1, 0.15) is 0 Å². The average molecular weight is 430 g/mol. The van der Waals surface area contributed by atoms with Crippen molar-refractivity contribution in [2.24, 2.45) is 0 Å². The highest BCUT2D eigenvalue weighted by Gasteiger charge is 2.14. The standard InChI is InChI=1S/C16H13ClINO3/c17-10-2-4-12(13(18)8-10)16(20)19-11-3-5-14-15(9-11)22-7-1-6-21-14/h2-5,8-9H,1,6-7H2,(H,19,20). The van der Waals surface area contributed by atoms with Gasteiger partial charge in [-0.15, -0.1) is 0 Å². The lowest BCUT2D eigenvalue weighted by atomic mass is 10.2. The summed E-state index contributed by atoms with van der Waals surface area (Å²) in [5.74, 6) is 1.17. The van der Waals surface area contributed by atoms with E-state index in [1.165, 1.54) is 0 Å². The lowest BCUT2D eigenvalue weighted by Crippen LogP contribution is -2.13. The Morgan fingerprint density at radius 3 is 2.64 bits per heavy atom. The molecule has 1 amide bonds. The van der Waals surface area contributed by atoms with E-state index in [0.717, 1.165) is 9.99 Å². The molecule has 0 spiro atoms. The SMILES string of the molecule is O=C(Nc1ccc2c(c1)OCCCO2)c1ccc(Cl)cc1I. The van der Waals surface area contributed by atoms with Gasteiger partial charge in [0.15, 0.2) is 11.5 Å². The van der Waals surface area contributed by atoms with E-state index in [4.69, 9.17) is 21.1 Å². The number of amides is 1. The molecule has 0 bridgehead atoms. The van der Waals surface area contributed by atoms with Crippen LogP contribution >= 0.6 is 34.2 Å². The number of halogens is 2. The number of anilines is 1. The number of ether oxygens (including phenoxy) is 2. The second kappa shape index (κ2) is 6.75. The molecule has 0 atom stereocenters. The summed E-state index contributed by atoms with van der Waals surface area (Å²) >= 11 is 8.00. The van der Waals surface area contributed by atoms with E-state index >= 15 is 0 Å². The third-order valence-corrected chi connectivity index (χ3v) is 4.31. The summed E-state index contributed by atoms with van der Waals surface area (Å²) in [6.07, 6.45) is 0.847. The molecule has 1 aliphatic rings. The fourth-order valence-corrected chi connectivity index (χ4v) is 3.23. The van der Waals surface area contributed by atoms with Crippen LogP contribution in [-0.2, 0) is 0 Å². The van der Waals surface area contributed by atoms with Crippen molar-refractivity contribution in [1.82, 2.24) is 0 Å². The zero-order chi connectivity index (χ0) is 15.5. The summed E-state index contributed by atoms with van der Waals surface area (Å²) in [4.78, 5) is 12.4. The van der Waals surface area contributed by atoms with Gasteiger partial charge in [-0.1, -0.05) is 11.6 Å². The van der Waals surface area contributed by atoms with Crippen LogP contribution in [0.1, 0.15) is 16.8 Å². The molecule has 0 fully saturated rings. The fraction of sp³-hybridized carbons (Fsp3) is 0.188. The first-order chi connectivity index (χ1) is 10.6. The van der Waals surface area contributed by atoms with Crippen LogP contribution in [0.15, 0.2) is 36.4 Å². The van der Waals surface area contributed by atoms with Crippen molar-refractivity contribution in [2.45, 2.75) is 6.42 Å². The Balaban J connectivity index is 1.80. The predicted molar refractivity (Wildman–Crippen MR) is 94.2 cm³/mol. The van der Waals surface area contributed by atoms with Crippen LogP contribution in [0.25, 0.3) is 0 Å². The number of nitrogens with one attached hydrogen (secondary N) is 1. The van der Waals surface area contributed by atoms with Crippen LogP contribution in [0, 0.1) is 3.57 Å². The Labute approximate surface area is 146 Å². The Morgan fingerprint density at radius 1 is 1.09 bits per heavy atom. The minimum absolute atomic E-state index is 0.185. The van der Waals surface area contributed by atoms with Gasteiger partial charge in [-0.05, 0) is 52.9 Å². The van der Waals surface area contributed by atoms with Crippen molar-refractivity contribution in [1.29, 1.82) is 0 Å².